The number of hydrogen-bond acceptors (Lipinski definition) is 4. The molecule has 114 valence electrons. The van der Waals surface area contributed by atoms with Gasteiger partial charge in [-0.15, -0.1) is 0 Å². The topological polar surface area (TPSA) is 73.0 Å². The molecule has 1 aromatic heterocycles. The van der Waals surface area contributed by atoms with Crippen LogP contribution in [0.15, 0.2) is 6.33 Å². The zero-order valence-corrected chi connectivity index (χ0v) is 12.3. The summed E-state index contributed by atoms with van der Waals surface area (Å²) in [5, 5.41) is 6.56. The van der Waals surface area contributed by atoms with Crippen LogP contribution in [0.2, 0.25) is 0 Å². The molecule has 0 saturated carbocycles. The average Bonchev–Trinajstić information content (AvgIpc) is 3.14. The monoisotopic (exact) mass is 289 g/mol. The number of nitrogens with zero attached hydrogens (tertiary/aromatic N) is 2. The first-order valence-electron chi connectivity index (χ1n) is 8.08. The van der Waals surface area contributed by atoms with Gasteiger partial charge in [0.05, 0.1) is 23.8 Å². The summed E-state index contributed by atoms with van der Waals surface area (Å²) in [5.41, 5.74) is 2.14. The Bertz CT molecular complexity index is 528. The second-order valence-electron chi connectivity index (χ2n) is 6.53. The van der Waals surface area contributed by atoms with E-state index in [0.717, 1.165) is 30.8 Å². The minimum absolute atomic E-state index is 0.137. The molecular formula is C15H23N5O. The second kappa shape index (κ2) is 5.42. The molecule has 3 aliphatic rings. The molecule has 3 unspecified atom stereocenters. The lowest BCUT2D eigenvalue weighted by Crippen LogP contribution is -2.53. The number of carbonyl (C=O) groups is 1. The third-order valence-corrected chi connectivity index (χ3v) is 5.21. The first-order valence-corrected chi connectivity index (χ1v) is 8.08. The fraction of sp³-hybridized carbons (Fsp3) is 0.733. The maximum Gasteiger partial charge on any atom is 0.237 e. The number of imidazole rings is 1. The zero-order valence-electron chi connectivity index (χ0n) is 12.3. The van der Waals surface area contributed by atoms with Crippen molar-refractivity contribution in [3.63, 3.8) is 0 Å². The number of fused-ring (bicyclic) bond motifs is 2. The fourth-order valence-corrected chi connectivity index (χ4v) is 4.01. The zero-order chi connectivity index (χ0) is 14.2. The number of piperidine rings is 1. The van der Waals surface area contributed by atoms with Gasteiger partial charge in [0.25, 0.3) is 0 Å². The molecule has 1 amide bonds. The van der Waals surface area contributed by atoms with Gasteiger partial charge in [-0.1, -0.05) is 0 Å². The van der Waals surface area contributed by atoms with Gasteiger partial charge >= 0.3 is 0 Å². The van der Waals surface area contributed by atoms with Crippen LogP contribution in [-0.4, -0.2) is 52.0 Å². The van der Waals surface area contributed by atoms with E-state index in [1.165, 1.54) is 19.4 Å². The lowest BCUT2D eigenvalue weighted by atomic mass is 9.96. The molecule has 6 heteroatoms. The Morgan fingerprint density at radius 3 is 3.29 bits per heavy atom. The van der Waals surface area contributed by atoms with Crippen molar-refractivity contribution >= 4 is 5.91 Å². The number of rotatable bonds is 2. The number of nitrogens with one attached hydrogen (secondary N) is 3. The van der Waals surface area contributed by atoms with Crippen LogP contribution in [0, 0.1) is 0 Å². The molecule has 0 bridgehead atoms. The minimum Gasteiger partial charge on any atom is -0.352 e. The van der Waals surface area contributed by atoms with Gasteiger partial charge < -0.3 is 15.2 Å². The summed E-state index contributed by atoms with van der Waals surface area (Å²) in [6.07, 6.45) is 7.21. The largest absolute Gasteiger partial charge is 0.352 e. The third-order valence-electron chi connectivity index (χ3n) is 5.21. The molecule has 0 radical (unpaired) electrons. The third kappa shape index (κ3) is 2.58. The number of aromatic amines is 1. The predicted octanol–water partition coefficient (Wildman–Crippen LogP) is 0.167. The minimum atomic E-state index is -0.137. The van der Waals surface area contributed by atoms with Crippen molar-refractivity contribution in [2.75, 3.05) is 13.1 Å². The summed E-state index contributed by atoms with van der Waals surface area (Å²) in [6.45, 7) is 3.09. The van der Waals surface area contributed by atoms with E-state index in [1.807, 2.05) is 0 Å². The summed E-state index contributed by atoms with van der Waals surface area (Å²) in [6, 6.07) is 0.906. The summed E-state index contributed by atoms with van der Waals surface area (Å²) in [5.74, 6) is 0.139. The number of aromatic nitrogens is 2. The van der Waals surface area contributed by atoms with E-state index in [0.29, 0.717) is 25.0 Å². The standard InChI is InChI=1S/C15H23N5O/c21-15(13-7-12-14(8-16-13)18-9-17-12)19-10-3-5-20-4-1-2-11(20)6-10/h9-11,13,16H,1-8H2,(H,17,18)(H,19,21). The molecule has 2 saturated heterocycles. The van der Waals surface area contributed by atoms with Crippen LogP contribution < -0.4 is 10.6 Å². The predicted molar refractivity (Wildman–Crippen MR) is 78.7 cm³/mol. The number of amides is 1. The van der Waals surface area contributed by atoms with Crippen molar-refractivity contribution in [1.29, 1.82) is 0 Å². The molecule has 6 nitrogen and oxygen atoms in total. The van der Waals surface area contributed by atoms with Crippen LogP contribution >= 0.6 is 0 Å². The summed E-state index contributed by atoms with van der Waals surface area (Å²) >= 11 is 0. The van der Waals surface area contributed by atoms with Gasteiger partial charge in [0.15, 0.2) is 0 Å². The first kappa shape index (κ1) is 13.3. The van der Waals surface area contributed by atoms with E-state index < -0.39 is 0 Å². The summed E-state index contributed by atoms with van der Waals surface area (Å²) in [4.78, 5) is 22.5. The summed E-state index contributed by atoms with van der Waals surface area (Å²) in [7, 11) is 0. The van der Waals surface area contributed by atoms with E-state index in [1.54, 1.807) is 6.33 Å². The summed E-state index contributed by atoms with van der Waals surface area (Å²) < 4.78 is 0. The Morgan fingerprint density at radius 2 is 2.33 bits per heavy atom. The SMILES string of the molecule is O=C(NC1CCN2CCCC2C1)C1Cc2nc[nH]c2CN1. The lowest BCUT2D eigenvalue weighted by molar-refractivity contribution is -0.124. The highest BCUT2D eigenvalue weighted by Gasteiger charge is 2.34. The number of H-pyrrole nitrogens is 1. The van der Waals surface area contributed by atoms with Crippen molar-refractivity contribution in [1.82, 2.24) is 25.5 Å². The maximum absolute atomic E-state index is 12.5. The van der Waals surface area contributed by atoms with E-state index in [4.69, 9.17) is 0 Å². The quantitative estimate of drug-likeness (QED) is 0.725. The van der Waals surface area contributed by atoms with Crippen LogP contribution in [-0.2, 0) is 17.8 Å². The molecule has 3 aliphatic heterocycles. The van der Waals surface area contributed by atoms with Crippen LogP contribution in [0.25, 0.3) is 0 Å². The normalized spacial score (nSPS) is 32.5. The molecule has 4 heterocycles. The van der Waals surface area contributed by atoms with E-state index >= 15 is 0 Å². The van der Waals surface area contributed by atoms with Gasteiger partial charge in [0, 0.05) is 31.6 Å². The van der Waals surface area contributed by atoms with Crippen LogP contribution in [0.5, 0.6) is 0 Å². The highest BCUT2D eigenvalue weighted by atomic mass is 16.2. The van der Waals surface area contributed by atoms with Crippen molar-refractivity contribution in [3.05, 3.63) is 17.7 Å². The smallest absolute Gasteiger partial charge is 0.237 e. The molecule has 2 fully saturated rings. The first-order chi connectivity index (χ1) is 10.3. The van der Waals surface area contributed by atoms with Gasteiger partial charge in [0.1, 0.15) is 0 Å². The van der Waals surface area contributed by atoms with Gasteiger partial charge in [-0.05, 0) is 32.2 Å². The number of hydrogen-bond donors (Lipinski definition) is 3. The molecule has 3 atom stereocenters. The molecule has 3 N–H and O–H groups in total. The van der Waals surface area contributed by atoms with Gasteiger partial charge in [0.2, 0.25) is 5.91 Å². The van der Waals surface area contributed by atoms with Crippen LogP contribution in [0.4, 0.5) is 0 Å². The van der Waals surface area contributed by atoms with E-state index in [-0.39, 0.29) is 11.9 Å². The Balaban J connectivity index is 1.34. The van der Waals surface area contributed by atoms with E-state index in [2.05, 4.69) is 25.5 Å². The van der Waals surface area contributed by atoms with Crippen molar-refractivity contribution < 1.29 is 4.79 Å². The molecule has 4 rings (SSSR count). The van der Waals surface area contributed by atoms with Crippen molar-refractivity contribution in [2.45, 2.75) is 56.8 Å². The maximum atomic E-state index is 12.5. The van der Waals surface area contributed by atoms with Gasteiger partial charge in [-0.3, -0.25) is 10.1 Å². The highest BCUT2D eigenvalue weighted by Crippen LogP contribution is 2.27. The van der Waals surface area contributed by atoms with Crippen LogP contribution in [0.1, 0.15) is 37.1 Å². The molecule has 0 aliphatic carbocycles. The Kier molecular flexibility index (Phi) is 3.43. The lowest BCUT2D eigenvalue weighted by Gasteiger charge is -2.36. The molecule has 21 heavy (non-hydrogen) atoms. The van der Waals surface area contributed by atoms with Crippen LogP contribution in [0.3, 0.4) is 0 Å². The van der Waals surface area contributed by atoms with E-state index in [9.17, 15) is 4.79 Å². The molecule has 0 spiro atoms. The molecular weight excluding hydrogens is 266 g/mol. The van der Waals surface area contributed by atoms with Gasteiger partial charge in [-0.2, -0.15) is 0 Å². The Labute approximate surface area is 124 Å². The Morgan fingerprint density at radius 1 is 1.38 bits per heavy atom. The second-order valence-corrected chi connectivity index (χ2v) is 6.53. The fourth-order valence-electron chi connectivity index (χ4n) is 4.01. The number of carbonyl (C=O) groups excluding carboxylic acids is 1. The average molecular weight is 289 g/mol. The Hall–Kier alpha value is -1.40. The van der Waals surface area contributed by atoms with Crippen molar-refractivity contribution in [2.24, 2.45) is 0 Å². The molecule has 1 aromatic rings. The van der Waals surface area contributed by atoms with Gasteiger partial charge in [-0.25, -0.2) is 4.98 Å². The van der Waals surface area contributed by atoms with Crippen molar-refractivity contribution in [3.8, 4) is 0 Å². The molecule has 0 aromatic carbocycles. The highest BCUT2D eigenvalue weighted by molar-refractivity contribution is 5.82.